The van der Waals surface area contributed by atoms with Gasteiger partial charge >= 0.3 is 0 Å². The van der Waals surface area contributed by atoms with Crippen LogP contribution in [0.5, 0.6) is 0 Å². The second-order valence-electron chi connectivity index (χ2n) is 3.82. The number of amides is 2. The van der Waals surface area contributed by atoms with Gasteiger partial charge in [-0.3, -0.25) is 9.59 Å². The first-order valence-electron chi connectivity index (χ1n) is 4.77. The molecular formula is C9H16N2O3. The molecule has 0 aromatic rings. The largest absolute Gasteiger partial charge is 0.393 e. The van der Waals surface area contributed by atoms with E-state index in [2.05, 4.69) is 10.6 Å². The predicted octanol–water partition coefficient (Wildman–Crippen LogP) is -0.849. The van der Waals surface area contributed by atoms with Gasteiger partial charge in [-0.05, 0) is 20.3 Å². The Bertz CT molecular complexity index is 240. The van der Waals surface area contributed by atoms with E-state index in [1.165, 1.54) is 6.92 Å². The molecule has 1 saturated heterocycles. The fourth-order valence-electron chi connectivity index (χ4n) is 1.51. The molecule has 0 saturated carbocycles. The van der Waals surface area contributed by atoms with Crippen LogP contribution in [0.1, 0.15) is 26.7 Å². The molecule has 0 aromatic carbocycles. The van der Waals surface area contributed by atoms with E-state index in [1.807, 2.05) is 6.92 Å². The summed E-state index contributed by atoms with van der Waals surface area (Å²) in [6.45, 7) is 3.43. The zero-order valence-electron chi connectivity index (χ0n) is 8.41. The fourth-order valence-corrected chi connectivity index (χ4v) is 1.51. The van der Waals surface area contributed by atoms with Crippen molar-refractivity contribution in [2.75, 3.05) is 0 Å². The Kier molecular flexibility index (Phi) is 3.46. The van der Waals surface area contributed by atoms with Gasteiger partial charge < -0.3 is 15.7 Å². The molecule has 0 aromatic heterocycles. The summed E-state index contributed by atoms with van der Waals surface area (Å²) < 4.78 is 0. The summed E-state index contributed by atoms with van der Waals surface area (Å²) in [7, 11) is 0. The smallest absolute Gasteiger partial charge is 0.242 e. The molecule has 1 aliphatic heterocycles. The Morgan fingerprint density at radius 2 is 2.43 bits per heavy atom. The summed E-state index contributed by atoms with van der Waals surface area (Å²) in [6.07, 6.45) is -0.0142. The van der Waals surface area contributed by atoms with E-state index in [9.17, 15) is 9.59 Å². The Labute approximate surface area is 82.9 Å². The summed E-state index contributed by atoms with van der Waals surface area (Å²) in [6, 6.07) is -0.324. The van der Waals surface area contributed by atoms with Gasteiger partial charge in [0.2, 0.25) is 11.8 Å². The molecule has 1 fully saturated rings. The third kappa shape index (κ3) is 2.99. The zero-order valence-corrected chi connectivity index (χ0v) is 8.41. The highest BCUT2D eigenvalue weighted by Crippen LogP contribution is 2.07. The van der Waals surface area contributed by atoms with Crippen LogP contribution in [-0.4, -0.2) is 35.1 Å². The lowest BCUT2D eigenvalue weighted by atomic mass is 10.1. The molecule has 3 N–H and O–H groups in total. The summed E-state index contributed by atoms with van der Waals surface area (Å²) in [5.74, 6) is -0.425. The Morgan fingerprint density at radius 1 is 1.79 bits per heavy atom. The summed E-state index contributed by atoms with van der Waals surface area (Å²) in [5.41, 5.74) is 0. The molecule has 1 aliphatic rings. The van der Waals surface area contributed by atoms with E-state index in [0.717, 1.165) is 0 Å². The van der Waals surface area contributed by atoms with E-state index >= 15 is 0 Å². The Hall–Kier alpha value is -1.10. The van der Waals surface area contributed by atoms with Crippen molar-refractivity contribution in [3.63, 3.8) is 0 Å². The maximum absolute atomic E-state index is 11.2. The minimum Gasteiger partial charge on any atom is -0.393 e. The lowest BCUT2D eigenvalue weighted by Crippen LogP contribution is -2.41. The van der Waals surface area contributed by atoms with Crippen molar-refractivity contribution >= 4 is 11.8 Å². The van der Waals surface area contributed by atoms with E-state index < -0.39 is 12.1 Å². The van der Waals surface area contributed by atoms with Crippen molar-refractivity contribution < 1.29 is 14.7 Å². The minimum atomic E-state index is -0.670. The van der Waals surface area contributed by atoms with Crippen molar-refractivity contribution in [3.8, 4) is 0 Å². The Balaban J connectivity index is 2.37. The van der Waals surface area contributed by atoms with Gasteiger partial charge in [0.25, 0.3) is 0 Å². The summed E-state index contributed by atoms with van der Waals surface area (Å²) in [5, 5.41) is 14.2. The van der Waals surface area contributed by atoms with Crippen LogP contribution in [0.2, 0.25) is 0 Å². The molecule has 2 amide bonds. The number of aliphatic hydroxyl groups is 1. The number of carbonyl (C=O) groups excluding carboxylic acids is 2. The predicted molar refractivity (Wildman–Crippen MR) is 50.5 cm³/mol. The fraction of sp³-hybridized carbons (Fsp3) is 0.778. The van der Waals surface area contributed by atoms with Crippen LogP contribution < -0.4 is 10.6 Å². The molecule has 0 radical (unpaired) electrons. The molecule has 5 heteroatoms. The molecule has 3 atom stereocenters. The molecule has 0 aliphatic carbocycles. The molecular weight excluding hydrogens is 184 g/mol. The quantitative estimate of drug-likeness (QED) is 0.555. The number of rotatable bonds is 3. The summed E-state index contributed by atoms with van der Waals surface area (Å²) >= 11 is 0. The van der Waals surface area contributed by atoms with Gasteiger partial charge in [-0.2, -0.15) is 0 Å². The monoisotopic (exact) mass is 200 g/mol. The molecule has 3 unspecified atom stereocenters. The topological polar surface area (TPSA) is 78.4 Å². The van der Waals surface area contributed by atoms with Crippen LogP contribution in [-0.2, 0) is 9.59 Å². The van der Waals surface area contributed by atoms with Crippen LogP contribution in [0, 0.1) is 0 Å². The lowest BCUT2D eigenvalue weighted by Gasteiger charge is -2.10. The first kappa shape index (κ1) is 11.0. The van der Waals surface area contributed by atoms with Crippen molar-refractivity contribution in [2.24, 2.45) is 0 Å². The molecule has 1 heterocycles. The summed E-state index contributed by atoms with van der Waals surface area (Å²) in [4.78, 5) is 22.4. The average Bonchev–Trinajstić information content (AvgIpc) is 2.28. The molecule has 14 heavy (non-hydrogen) atoms. The maximum Gasteiger partial charge on any atom is 0.242 e. The first-order chi connectivity index (χ1) is 6.49. The third-order valence-electron chi connectivity index (χ3n) is 2.11. The standard InChI is InChI=1S/C9H16N2O3/c1-5-3-7(9(14)10-5)11-8(13)4-6(2)12/h5-7,12H,3-4H2,1-2H3,(H,10,14)(H,11,13). The second kappa shape index (κ2) is 4.41. The van der Waals surface area contributed by atoms with E-state index in [0.29, 0.717) is 6.42 Å². The normalized spacial score (nSPS) is 28.4. The Morgan fingerprint density at radius 3 is 2.86 bits per heavy atom. The van der Waals surface area contributed by atoms with Crippen LogP contribution in [0.15, 0.2) is 0 Å². The molecule has 1 rings (SSSR count). The van der Waals surface area contributed by atoms with Crippen LogP contribution in [0.25, 0.3) is 0 Å². The zero-order chi connectivity index (χ0) is 10.7. The van der Waals surface area contributed by atoms with Crippen molar-refractivity contribution in [2.45, 2.75) is 44.9 Å². The van der Waals surface area contributed by atoms with Crippen LogP contribution in [0.4, 0.5) is 0 Å². The number of carbonyl (C=O) groups is 2. The van der Waals surface area contributed by atoms with Gasteiger partial charge in [0.05, 0.1) is 12.5 Å². The molecule has 0 spiro atoms. The second-order valence-corrected chi connectivity index (χ2v) is 3.82. The average molecular weight is 200 g/mol. The third-order valence-corrected chi connectivity index (χ3v) is 2.11. The van der Waals surface area contributed by atoms with Gasteiger partial charge in [-0.1, -0.05) is 0 Å². The lowest BCUT2D eigenvalue weighted by molar-refractivity contribution is -0.128. The van der Waals surface area contributed by atoms with Gasteiger partial charge in [0.15, 0.2) is 0 Å². The molecule has 5 nitrogen and oxygen atoms in total. The van der Waals surface area contributed by atoms with Gasteiger partial charge in [-0.25, -0.2) is 0 Å². The number of hydrogen-bond acceptors (Lipinski definition) is 3. The van der Waals surface area contributed by atoms with E-state index in [1.54, 1.807) is 0 Å². The van der Waals surface area contributed by atoms with Crippen molar-refractivity contribution in [3.05, 3.63) is 0 Å². The van der Waals surface area contributed by atoms with Crippen LogP contribution >= 0.6 is 0 Å². The highest BCUT2D eigenvalue weighted by atomic mass is 16.3. The first-order valence-corrected chi connectivity index (χ1v) is 4.77. The van der Waals surface area contributed by atoms with Crippen molar-refractivity contribution in [1.82, 2.24) is 10.6 Å². The van der Waals surface area contributed by atoms with Crippen LogP contribution in [0.3, 0.4) is 0 Å². The van der Waals surface area contributed by atoms with E-state index in [4.69, 9.17) is 5.11 Å². The number of hydrogen-bond donors (Lipinski definition) is 3. The number of aliphatic hydroxyl groups excluding tert-OH is 1. The SMILES string of the molecule is CC(O)CC(=O)NC1CC(C)NC1=O. The highest BCUT2D eigenvalue weighted by Gasteiger charge is 2.30. The van der Waals surface area contributed by atoms with Gasteiger partial charge in [0, 0.05) is 6.04 Å². The molecule has 0 bridgehead atoms. The van der Waals surface area contributed by atoms with Gasteiger partial charge in [0.1, 0.15) is 6.04 Å². The van der Waals surface area contributed by atoms with E-state index in [-0.39, 0.29) is 24.3 Å². The maximum atomic E-state index is 11.2. The van der Waals surface area contributed by atoms with Gasteiger partial charge in [-0.15, -0.1) is 0 Å². The number of nitrogens with one attached hydrogen (secondary N) is 2. The highest BCUT2D eigenvalue weighted by molar-refractivity contribution is 5.89. The van der Waals surface area contributed by atoms with Crippen molar-refractivity contribution in [1.29, 1.82) is 0 Å². The minimum absolute atomic E-state index is 0.0398. The molecule has 80 valence electrons.